The lowest BCUT2D eigenvalue weighted by Gasteiger charge is -2.25. The zero-order valence-electron chi connectivity index (χ0n) is 70.5. The molecule has 432 valence electrons. The Kier molecular flexibility index (Phi) is 14.9. The summed E-state index contributed by atoms with van der Waals surface area (Å²) in [5.41, 5.74) is 17.9. The van der Waals surface area contributed by atoms with Crippen LogP contribution in [0.25, 0.3) is 66.8 Å². The van der Waals surface area contributed by atoms with Crippen molar-refractivity contribution in [2.75, 3.05) is 0 Å². The van der Waals surface area contributed by atoms with Crippen molar-refractivity contribution in [3.8, 4) is 66.8 Å². The monoisotopic (exact) mass is 1130 g/mol. The van der Waals surface area contributed by atoms with Crippen LogP contribution in [0, 0.1) is 48.5 Å². The number of hydrogen-bond acceptors (Lipinski definition) is 0. The Bertz CT molecular complexity index is 4560. The van der Waals surface area contributed by atoms with E-state index in [9.17, 15) is 0 Å². The molecule has 0 amide bonds. The van der Waals surface area contributed by atoms with E-state index in [1.807, 2.05) is 0 Å². The number of rotatable bonds is 6. The average molecular weight is 1130 g/mol. The molecule has 0 nitrogen and oxygen atoms in total. The highest BCUT2D eigenvalue weighted by Crippen LogP contribution is 2.34. The third-order valence-corrected chi connectivity index (χ3v) is 14.0. The van der Waals surface area contributed by atoms with Gasteiger partial charge in [-0.3, -0.25) is 0 Å². The van der Waals surface area contributed by atoms with Gasteiger partial charge < -0.3 is 0 Å². The highest BCUT2D eigenvalue weighted by Gasteiger charge is 2.20. The molecule has 0 aliphatic carbocycles. The van der Waals surface area contributed by atoms with Gasteiger partial charge in [-0.2, -0.15) is 0 Å². The highest BCUT2D eigenvalue weighted by molar-refractivity contribution is 5.79. The second-order valence-electron chi connectivity index (χ2n) is 24.6. The van der Waals surface area contributed by atoms with E-state index in [1.165, 1.54) is 62.6 Å². The molecule has 11 aromatic carbocycles. The van der Waals surface area contributed by atoms with Crippen molar-refractivity contribution in [2.24, 2.45) is 0 Å². The molecule has 0 bridgehead atoms. The maximum atomic E-state index is 8.38. The smallest absolute Gasteiger partial charge is 0.0622 e. The molecular formula is C85H92. The Morgan fingerprint density at radius 3 is 1.07 bits per heavy atom. The van der Waals surface area contributed by atoms with Crippen molar-refractivity contribution < 1.29 is 24.7 Å². The molecule has 0 aliphatic heterocycles. The van der Waals surface area contributed by atoms with Gasteiger partial charge in [0.25, 0.3) is 0 Å². The topological polar surface area (TPSA) is 0 Å². The molecule has 0 heteroatoms. The Labute approximate surface area is 538 Å². The quantitative estimate of drug-likeness (QED) is 0.156. The molecule has 0 spiro atoms. The van der Waals surface area contributed by atoms with E-state index in [0.717, 1.165) is 0 Å². The summed E-state index contributed by atoms with van der Waals surface area (Å²) in [6, 6.07) is 48.0. The molecule has 0 radical (unpaired) electrons. The largest absolute Gasteiger partial charge is 0.0632 e. The zero-order chi connectivity index (χ0) is 77.0. The SMILES string of the molecule is Cc1cc(-c2ccccc2)cc(-c2ccccc2)c1.Cc1cc(C(C)(C)C)cc(C(C)(C)C)c1.Cc1ccc(C(C)(C)C)cc1.[2H]c1c([2H])c([2H])c(-c2cc(C)cc(-c3c([2H])c([2H])c(C)c([2H])c3[2H])c2)c([2H])c1[2H].[2H]c1c([2H])c([2H])c(-c2cccc(-c3c([2H])c([2H])c([2H])c(C)c3[2H])c2C)c([2H])c1[2H]. The fourth-order valence-electron chi connectivity index (χ4n) is 9.20. The van der Waals surface area contributed by atoms with Gasteiger partial charge in [0.05, 0.1) is 24.7 Å². The summed E-state index contributed by atoms with van der Waals surface area (Å²) in [4.78, 5) is 0. The zero-order valence-corrected chi connectivity index (χ0v) is 52.5. The van der Waals surface area contributed by atoms with Gasteiger partial charge in [-0.1, -0.05) is 339 Å². The van der Waals surface area contributed by atoms with Gasteiger partial charge in [0.15, 0.2) is 0 Å². The minimum Gasteiger partial charge on any atom is -0.0622 e. The fourth-order valence-corrected chi connectivity index (χ4v) is 9.20. The molecule has 0 saturated carbocycles. The van der Waals surface area contributed by atoms with Crippen molar-refractivity contribution in [2.45, 2.75) is 127 Å². The van der Waals surface area contributed by atoms with Crippen LogP contribution in [0.1, 0.15) is 143 Å². The predicted molar refractivity (Wildman–Crippen MR) is 374 cm³/mol. The number of hydrogen-bond donors (Lipinski definition) is 0. The minimum absolute atomic E-state index is 0.0303. The van der Waals surface area contributed by atoms with E-state index < -0.39 is 36.3 Å². The van der Waals surface area contributed by atoms with E-state index >= 15 is 0 Å². The van der Waals surface area contributed by atoms with E-state index in [1.54, 1.807) is 57.2 Å². The normalized spacial score (nSPS) is 14.0. The summed E-state index contributed by atoms with van der Waals surface area (Å²) in [6.07, 6.45) is 0. The van der Waals surface area contributed by atoms with Crippen LogP contribution in [0.5, 0.6) is 0 Å². The van der Waals surface area contributed by atoms with Crippen LogP contribution < -0.4 is 0 Å². The van der Waals surface area contributed by atoms with Crippen LogP contribution in [0.2, 0.25) is 0 Å². The fraction of sp³-hybridized carbons (Fsp3) is 0.224. The lowest BCUT2D eigenvalue weighted by molar-refractivity contribution is 0.567. The van der Waals surface area contributed by atoms with Crippen molar-refractivity contribution in [1.29, 1.82) is 0 Å². The second-order valence-corrected chi connectivity index (χ2v) is 24.6. The Hall–Kier alpha value is -8.58. The summed E-state index contributed by atoms with van der Waals surface area (Å²) < 4.78 is 145. The van der Waals surface area contributed by atoms with Gasteiger partial charge in [-0.15, -0.1) is 0 Å². The van der Waals surface area contributed by atoms with Crippen LogP contribution in [0.3, 0.4) is 0 Å². The lowest BCUT2D eigenvalue weighted by atomic mass is 9.80. The lowest BCUT2D eigenvalue weighted by Crippen LogP contribution is -2.16. The number of benzene rings is 11. The molecule has 0 N–H and O–H groups in total. The van der Waals surface area contributed by atoms with Crippen molar-refractivity contribution in [1.82, 2.24) is 0 Å². The molecule has 85 heavy (non-hydrogen) atoms. The second kappa shape index (κ2) is 29.3. The predicted octanol–water partition coefficient (Wildman–Crippen LogP) is 24.5. The highest BCUT2D eigenvalue weighted by atomic mass is 14.2. The Morgan fingerprint density at radius 1 is 0.235 bits per heavy atom. The van der Waals surface area contributed by atoms with Gasteiger partial charge in [0.2, 0.25) is 0 Å². The Morgan fingerprint density at radius 2 is 0.624 bits per heavy atom. The first kappa shape index (κ1) is 43.1. The van der Waals surface area contributed by atoms with Crippen molar-refractivity contribution in [3.05, 3.63) is 322 Å². The summed E-state index contributed by atoms with van der Waals surface area (Å²) in [5.74, 6) is 0. The van der Waals surface area contributed by atoms with Crippen molar-refractivity contribution >= 4 is 0 Å². The summed E-state index contributed by atoms with van der Waals surface area (Å²) in [7, 11) is 0. The van der Waals surface area contributed by atoms with E-state index in [-0.39, 0.29) is 122 Å². The van der Waals surface area contributed by atoms with Gasteiger partial charge >= 0.3 is 0 Å². The van der Waals surface area contributed by atoms with E-state index in [4.69, 9.17) is 24.7 Å². The molecule has 11 rings (SSSR count). The first-order valence-corrected chi connectivity index (χ1v) is 28.8. The van der Waals surface area contributed by atoms with E-state index in [2.05, 4.69) is 204 Å². The third-order valence-electron chi connectivity index (χ3n) is 14.0. The standard InChI is InChI=1S/2C20H18.C19H16.C15H24.C11H16/c1-15-8-6-11-18(14-15)20-13-7-12-19(16(20)2)17-9-4-3-5-10-17;1-15-8-10-18(11-9-15)20-13-16(2)12-19(14-20)17-6-4-3-5-7-17;1-15-12-18(16-8-4-2-5-9-16)14-19(13-15)17-10-6-3-7-11-17;1-11-8-12(14(2,3)4)10-13(9-11)15(5,6)7;1-9-5-7-10(8-6-9)11(2,3)4/h2*3-14H,1-2H3;2-14H,1H3;8-10H,1-7H3;5-8H,1-4H3/i3D,4D,5D,6D,8D,9D,10D,11D,14D;3D,4D,5D,6D,7D,8D,9D,10D,11D;;;. The molecule has 11 aromatic rings. The molecule has 0 atom stereocenters. The molecule has 0 aromatic heterocycles. The van der Waals surface area contributed by atoms with Gasteiger partial charge in [0, 0.05) is 0 Å². The molecule has 0 heterocycles. The van der Waals surface area contributed by atoms with Crippen molar-refractivity contribution in [3.63, 3.8) is 0 Å². The van der Waals surface area contributed by atoms with Crippen LogP contribution in [-0.4, -0.2) is 0 Å². The van der Waals surface area contributed by atoms with E-state index in [0.29, 0.717) is 33.4 Å². The first-order chi connectivity index (χ1) is 47.9. The third kappa shape index (κ3) is 19.2. The van der Waals surface area contributed by atoms with Gasteiger partial charge in [-0.25, -0.2) is 0 Å². The number of aryl methyl sites for hydroxylation is 4. The van der Waals surface area contributed by atoms with Gasteiger partial charge in [0.1, 0.15) is 0 Å². The Balaban J connectivity index is 0.000000188. The summed E-state index contributed by atoms with van der Waals surface area (Å²) >= 11 is 0. The summed E-state index contributed by atoms with van der Waals surface area (Å²) in [6.45, 7) is 33.3. The van der Waals surface area contributed by atoms with Crippen LogP contribution in [0.4, 0.5) is 0 Å². The first-order valence-electron chi connectivity index (χ1n) is 37.8. The molecule has 0 saturated heterocycles. The van der Waals surface area contributed by atoms with Gasteiger partial charge in [-0.05, 0) is 177 Å². The van der Waals surface area contributed by atoms with Crippen LogP contribution in [0.15, 0.2) is 266 Å². The van der Waals surface area contributed by atoms with Crippen LogP contribution >= 0.6 is 0 Å². The maximum absolute atomic E-state index is 8.38. The molecule has 0 unspecified atom stereocenters. The molecule has 0 aliphatic rings. The molecular weight excluding hydrogens is 1020 g/mol. The summed E-state index contributed by atoms with van der Waals surface area (Å²) in [5, 5.41) is 0. The maximum Gasteiger partial charge on any atom is 0.0632 e. The molecule has 0 fully saturated rings. The van der Waals surface area contributed by atoms with Crippen LogP contribution in [-0.2, 0) is 16.2 Å². The minimum atomic E-state index is -0.477. The average Bonchev–Trinajstić information content (AvgIpc) is 0.772.